The van der Waals surface area contributed by atoms with Gasteiger partial charge in [-0.05, 0) is 30.2 Å². The zero-order chi connectivity index (χ0) is 14.5. The van der Waals surface area contributed by atoms with Crippen molar-refractivity contribution in [3.63, 3.8) is 0 Å². The summed E-state index contributed by atoms with van der Waals surface area (Å²) in [5.74, 6) is 0.464. The van der Waals surface area contributed by atoms with Crippen LogP contribution in [0.5, 0.6) is 0 Å². The Balaban J connectivity index is 2.60. The first-order chi connectivity index (χ1) is 8.84. The van der Waals surface area contributed by atoms with Crippen LogP contribution in [0.25, 0.3) is 0 Å². The second kappa shape index (κ2) is 6.74. The third kappa shape index (κ3) is 5.06. The van der Waals surface area contributed by atoms with Gasteiger partial charge >= 0.3 is 0 Å². The van der Waals surface area contributed by atoms with Crippen molar-refractivity contribution in [1.82, 2.24) is 5.32 Å². The van der Waals surface area contributed by atoms with Gasteiger partial charge < -0.3 is 5.32 Å². The summed E-state index contributed by atoms with van der Waals surface area (Å²) in [6.07, 6.45) is 1.56. The first-order valence-corrected chi connectivity index (χ1v) is 7.19. The summed E-state index contributed by atoms with van der Waals surface area (Å²) >= 11 is 0. The van der Waals surface area contributed by atoms with Gasteiger partial charge in [-0.1, -0.05) is 58.0 Å². The first kappa shape index (κ1) is 15.7. The molecule has 0 spiro atoms. The minimum absolute atomic E-state index is 0.101. The summed E-state index contributed by atoms with van der Waals surface area (Å²) in [5, 5.41) is 3.12. The van der Waals surface area contributed by atoms with Crippen LogP contribution in [-0.4, -0.2) is 11.9 Å². The van der Waals surface area contributed by atoms with E-state index in [-0.39, 0.29) is 17.4 Å². The maximum atomic E-state index is 12.1. The van der Waals surface area contributed by atoms with E-state index in [9.17, 15) is 4.79 Å². The molecule has 0 fully saturated rings. The fourth-order valence-corrected chi connectivity index (χ4v) is 1.96. The van der Waals surface area contributed by atoms with Gasteiger partial charge in [0.1, 0.15) is 0 Å². The molecule has 2 heteroatoms. The highest BCUT2D eigenvalue weighted by atomic mass is 16.1. The standard InChI is InChI=1S/C17H27NO/c1-6-14(15-10-8-7-9-11-15)12-16(19)18-13(2)17(3,4)5/h7-11,13-14H,6,12H2,1-5H3,(H,18,19). The molecule has 0 aliphatic carbocycles. The minimum Gasteiger partial charge on any atom is -0.353 e. The number of hydrogen-bond donors (Lipinski definition) is 1. The molecule has 2 atom stereocenters. The van der Waals surface area contributed by atoms with E-state index in [2.05, 4.69) is 52.1 Å². The summed E-state index contributed by atoms with van der Waals surface area (Å²) in [6.45, 7) is 10.6. The van der Waals surface area contributed by atoms with Crippen LogP contribution in [0.4, 0.5) is 0 Å². The maximum absolute atomic E-state index is 12.1. The third-order valence-electron chi connectivity index (χ3n) is 3.87. The second-order valence-corrected chi connectivity index (χ2v) is 6.38. The molecule has 106 valence electrons. The molecule has 1 amide bonds. The Morgan fingerprint density at radius 3 is 2.26 bits per heavy atom. The van der Waals surface area contributed by atoms with Crippen LogP contribution >= 0.6 is 0 Å². The molecule has 1 aromatic rings. The molecule has 19 heavy (non-hydrogen) atoms. The molecule has 0 saturated heterocycles. The van der Waals surface area contributed by atoms with Gasteiger partial charge in [0.05, 0.1) is 0 Å². The summed E-state index contributed by atoms with van der Waals surface area (Å²) in [4.78, 5) is 12.1. The van der Waals surface area contributed by atoms with E-state index in [0.717, 1.165) is 6.42 Å². The van der Waals surface area contributed by atoms with Gasteiger partial charge in [0, 0.05) is 12.5 Å². The van der Waals surface area contributed by atoms with Gasteiger partial charge in [0.15, 0.2) is 0 Å². The topological polar surface area (TPSA) is 29.1 Å². The lowest BCUT2D eigenvalue weighted by atomic mass is 9.87. The highest BCUT2D eigenvalue weighted by Gasteiger charge is 2.23. The molecule has 0 heterocycles. The Morgan fingerprint density at radius 1 is 1.21 bits per heavy atom. The fraction of sp³-hybridized carbons (Fsp3) is 0.588. The molecule has 0 bridgehead atoms. The van der Waals surface area contributed by atoms with Gasteiger partial charge in [-0.2, -0.15) is 0 Å². The van der Waals surface area contributed by atoms with Crippen LogP contribution in [0.3, 0.4) is 0 Å². The predicted molar refractivity (Wildman–Crippen MR) is 81.2 cm³/mol. The summed E-state index contributed by atoms with van der Waals surface area (Å²) in [6, 6.07) is 10.5. The van der Waals surface area contributed by atoms with E-state index in [1.807, 2.05) is 18.2 Å². The number of rotatable bonds is 5. The number of carbonyl (C=O) groups is 1. The summed E-state index contributed by atoms with van der Waals surface area (Å²) < 4.78 is 0. The van der Waals surface area contributed by atoms with E-state index in [0.29, 0.717) is 12.3 Å². The van der Waals surface area contributed by atoms with E-state index in [4.69, 9.17) is 0 Å². The number of amides is 1. The van der Waals surface area contributed by atoms with Crippen LogP contribution in [0.1, 0.15) is 58.9 Å². The average Bonchev–Trinajstić information content (AvgIpc) is 2.35. The highest BCUT2D eigenvalue weighted by Crippen LogP contribution is 2.24. The van der Waals surface area contributed by atoms with Gasteiger partial charge in [-0.25, -0.2) is 0 Å². The Kier molecular flexibility index (Phi) is 5.59. The molecule has 0 aromatic heterocycles. The van der Waals surface area contributed by atoms with Crippen molar-refractivity contribution >= 4 is 5.91 Å². The van der Waals surface area contributed by atoms with E-state index in [1.165, 1.54) is 5.56 Å². The smallest absolute Gasteiger partial charge is 0.220 e. The van der Waals surface area contributed by atoms with E-state index in [1.54, 1.807) is 0 Å². The summed E-state index contributed by atoms with van der Waals surface area (Å²) in [5.41, 5.74) is 1.35. The molecule has 1 N–H and O–H groups in total. The van der Waals surface area contributed by atoms with E-state index >= 15 is 0 Å². The normalized spacial score (nSPS) is 14.8. The lowest BCUT2D eigenvalue weighted by molar-refractivity contribution is -0.122. The third-order valence-corrected chi connectivity index (χ3v) is 3.87. The van der Waals surface area contributed by atoms with Gasteiger partial charge in [0.2, 0.25) is 5.91 Å². The van der Waals surface area contributed by atoms with Crippen molar-refractivity contribution in [1.29, 1.82) is 0 Å². The molecule has 1 aromatic carbocycles. The van der Waals surface area contributed by atoms with Crippen LogP contribution in [-0.2, 0) is 4.79 Å². The van der Waals surface area contributed by atoms with Crippen molar-refractivity contribution in [3.05, 3.63) is 35.9 Å². The molecule has 1 rings (SSSR count). The van der Waals surface area contributed by atoms with Crippen molar-refractivity contribution < 1.29 is 4.79 Å². The molecular weight excluding hydrogens is 234 g/mol. The Morgan fingerprint density at radius 2 is 1.79 bits per heavy atom. The lowest BCUT2D eigenvalue weighted by Crippen LogP contribution is -2.41. The molecule has 2 nitrogen and oxygen atoms in total. The minimum atomic E-state index is 0.101. The van der Waals surface area contributed by atoms with Crippen LogP contribution in [0.2, 0.25) is 0 Å². The monoisotopic (exact) mass is 261 g/mol. The molecule has 0 saturated carbocycles. The fourth-order valence-electron chi connectivity index (χ4n) is 1.96. The van der Waals surface area contributed by atoms with Crippen LogP contribution in [0, 0.1) is 5.41 Å². The second-order valence-electron chi connectivity index (χ2n) is 6.38. The molecule has 0 radical (unpaired) electrons. The maximum Gasteiger partial charge on any atom is 0.220 e. The zero-order valence-electron chi connectivity index (χ0n) is 12.9. The Bertz CT molecular complexity index is 391. The molecule has 0 aliphatic heterocycles. The van der Waals surface area contributed by atoms with Crippen molar-refractivity contribution in [2.75, 3.05) is 0 Å². The lowest BCUT2D eigenvalue weighted by Gasteiger charge is -2.28. The Labute approximate surface area is 117 Å². The highest BCUT2D eigenvalue weighted by molar-refractivity contribution is 5.77. The number of hydrogen-bond acceptors (Lipinski definition) is 1. The van der Waals surface area contributed by atoms with Gasteiger partial charge in [-0.3, -0.25) is 4.79 Å². The van der Waals surface area contributed by atoms with Crippen molar-refractivity contribution in [2.24, 2.45) is 5.41 Å². The average molecular weight is 261 g/mol. The SMILES string of the molecule is CCC(CC(=O)NC(C)C(C)(C)C)c1ccccc1. The largest absolute Gasteiger partial charge is 0.353 e. The zero-order valence-corrected chi connectivity index (χ0v) is 12.9. The molecular formula is C17H27NO. The van der Waals surface area contributed by atoms with Crippen LogP contribution in [0.15, 0.2) is 30.3 Å². The number of carbonyl (C=O) groups excluding carboxylic acids is 1. The summed E-state index contributed by atoms with van der Waals surface area (Å²) in [7, 11) is 0. The Hall–Kier alpha value is -1.31. The molecule has 2 unspecified atom stereocenters. The number of benzene rings is 1. The van der Waals surface area contributed by atoms with Crippen molar-refractivity contribution in [2.45, 2.75) is 59.4 Å². The first-order valence-electron chi connectivity index (χ1n) is 7.19. The van der Waals surface area contributed by atoms with Gasteiger partial charge in [0.25, 0.3) is 0 Å². The van der Waals surface area contributed by atoms with E-state index < -0.39 is 0 Å². The van der Waals surface area contributed by atoms with Crippen LogP contribution < -0.4 is 5.32 Å². The predicted octanol–water partition coefficient (Wildman–Crippen LogP) is 4.12. The number of nitrogens with one attached hydrogen (secondary N) is 1. The molecule has 0 aliphatic rings. The van der Waals surface area contributed by atoms with Gasteiger partial charge in [-0.15, -0.1) is 0 Å². The quantitative estimate of drug-likeness (QED) is 0.848. The van der Waals surface area contributed by atoms with Crippen molar-refractivity contribution in [3.8, 4) is 0 Å².